The molecule has 0 aliphatic rings. The SMILES string of the molecule is [2H]c1c([2H])c([2H])c2c(oc3c(-c4c5ccccc5c(-c5ccccc5)c5ccc(-c6ccc7ccccc7c6)c([2H])c45)c([2H])c([2H])c([2H])c32)c1[2H]. The molecule has 0 radical (unpaired) electrons. The zero-order chi connectivity index (χ0) is 35.3. The van der Waals surface area contributed by atoms with E-state index >= 15 is 0 Å². The first-order valence-corrected chi connectivity index (χ1v) is 14.1. The van der Waals surface area contributed by atoms with Gasteiger partial charge in [-0.15, -0.1) is 0 Å². The van der Waals surface area contributed by atoms with Gasteiger partial charge in [-0.25, -0.2) is 0 Å². The summed E-state index contributed by atoms with van der Waals surface area (Å²) in [6.45, 7) is 0. The molecule has 43 heavy (non-hydrogen) atoms. The first-order valence-electron chi connectivity index (χ1n) is 18.1. The van der Waals surface area contributed by atoms with E-state index in [0.717, 1.165) is 38.2 Å². The highest BCUT2D eigenvalue weighted by Crippen LogP contribution is 2.47. The fraction of sp³-hybridized carbons (Fsp3) is 0. The number of hydrogen-bond acceptors (Lipinski definition) is 1. The van der Waals surface area contributed by atoms with Gasteiger partial charge in [0.15, 0.2) is 0 Å². The van der Waals surface area contributed by atoms with Crippen molar-refractivity contribution in [3.8, 4) is 33.4 Å². The molecule has 1 nitrogen and oxygen atoms in total. The zero-order valence-corrected chi connectivity index (χ0v) is 22.8. The fourth-order valence-corrected chi connectivity index (χ4v) is 6.30. The Hall–Kier alpha value is -5.66. The van der Waals surface area contributed by atoms with E-state index in [0.29, 0.717) is 21.9 Å². The van der Waals surface area contributed by atoms with Crippen molar-refractivity contribution in [3.05, 3.63) is 158 Å². The standard InChI is InChI=1S/C42H26O/c1-2-12-28(13-3-1)40-33-16-6-7-17-34(33)41(37-19-10-18-36-32-15-8-9-20-39(32)43-42(36)37)38-26-31(23-24-35(38)40)30-22-21-27-11-4-5-14-29(27)25-30/h1-26H/i8D,9D,10D,15D,18D,19D,20D,26D. The van der Waals surface area contributed by atoms with Crippen LogP contribution in [0.3, 0.4) is 0 Å². The number of rotatable bonds is 3. The van der Waals surface area contributed by atoms with Crippen LogP contribution < -0.4 is 0 Å². The van der Waals surface area contributed by atoms with Crippen molar-refractivity contribution in [1.29, 1.82) is 0 Å². The van der Waals surface area contributed by atoms with Crippen molar-refractivity contribution >= 4 is 54.3 Å². The average Bonchev–Trinajstić information content (AvgIpc) is 3.56. The van der Waals surface area contributed by atoms with E-state index in [1.807, 2.05) is 103 Å². The van der Waals surface area contributed by atoms with Crippen molar-refractivity contribution in [3.63, 3.8) is 0 Å². The van der Waals surface area contributed by atoms with Crippen LogP contribution in [0.15, 0.2) is 162 Å². The second kappa shape index (κ2) is 9.44. The van der Waals surface area contributed by atoms with Gasteiger partial charge < -0.3 is 4.42 Å². The molecule has 0 saturated carbocycles. The molecule has 1 heteroatoms. The molecular weight excluding hydrogens is 520 g/mol. The summed E-state index contributed by atoms with van der Waals surface area (Å²) in [6, 6.07) is 33.1. The quantitative estimate of drug-likeness (QED) is 0.198. The molecule has 0 aliphatic carbocycles. The van der Waals surface area contributed by atoms with E-state index < -0.39 is 24.2 Å². The van der Waals surface area contributed by atoms with Crippen molar-refractivity contribution < 1.29 is 15.4 Å². The molecule has 0 saturated heterocycles. The maximum Gasteiger partial charge on any atom is 0.143 e. The minimum Gasteiger partial charge on any atom is -0.455 e. The molecule has 0 amide bonds. The van der Waals surface area contributed by atoms with Crippen LogP contribution in [0.4, 0.5) is 0 Å². The summed E-state index contributed by atoms with van der Waals surface area (Å²) in [5, 5.41) is 4.94. The van der Waals surface area contributed by atoms with Crippen molar-refractivity contribution in [2.24, 2.45) is 0 Å². The van der Waals surface area contributed by atoms with Crippen LogP contribution >= 0.6 is 0 Å². The number of para-hydroxylation sites is 2. The van der Waals surface area contributed by atoms with E-state index in [1.54, 1.807) is 0 Å². The maximum atomic E-state index is 9.93. The minimum atomic E-state index is -0.478. The summed E-state index contributed by atoms with van der Waals surface area (Å²) >= 11 is 0. The van der Waals surface area contributed by atoms with Crippen molar-refractivity contribution in [2.75, 3.05) is 0 Å². The van der Waals surface area contributed by atoms with Gasteiger partial charge in [0.05, 0.1) is 11.0 Å². The Morgan fingerprint density at radius 2 is 1.14 bits per heavy atom. The van der Waals surface area contributed by atoms with Crippen molar-refractivity contribution in [2.45, 2.75) is 0 Å². The Kier molecular flexibility index (Phi) is 3.80. The van der Waals surface area contributed by atoms with Crippen molar-refractivity contribution in [1.82, 2.24) is 0 Å². The summed E-state index contributed by atoms with van der Waals surface area (Å²) in [6.07, 6.45) is 0. The topological polar surface area (TPSA) is 13.1 Å². The third-order valence-electron chi connectivity index (χ3n) is 8.24. The number of hydrogen-bond donors (Lipinski definition) is 0. The molecule has 9 rings (SSSR count). The summed E-state index contributed by atoms with van der Waals surface area (Å²) in [7, 11) is 0. The predicted octanol–water partition coefficient (Wildman–Crippen LogP) is 12.0. The second-order valence-electron chi connectivity index (χ2n) is 10.6. The van der Waals surface area contributed by atoms with E-state index in [4.69, 9.17) is 12.6 Å². The third kappa shape index (κ3) is 3.72. The van der Waals surface area contributed by atoms with Crippen LogP contribution in [0.5, 0.6) is 0 Å². The Labute approximate surface area is 260 Å². The molecule has 0 N–H and O–H groups in total. The average molecular weight is 555 g/mol. The Morgan fingerprint density at radius 1 is 0.442 bits per heavy atom. The molecule has 9 aromatic rings. The van der Waals surface area contributed by atoms with Crippen LogP contribution in [0.25, 0.3) is 87.6 Å². The van der Waals surface area contributed by atoms with Gasteiger partial charge in [-0.1, -0.05) is 139 Å². The summed E-state index contributed by atoms with van der Waals surface area (Å²) in [5.41, 5.74) is 3.83. The van der Waals surface area contributed by atoms with E-state index in [-0.39, 0.29) is 51.7 Å². The highest BCUT2D eigenvalue weighted by Gasteiger charge is 2.20. The minimum absolute atomic E-state index is 0.00628. The monoisotopic (exact) mass is 554 g/mol. The summed E-state index contributed by atoms with van der Waals surface area (Å²) < 4.78 is 77.6. The molecule has 0 fully saturated rings. The van der Waals surface area contributed by atoms with E-state index in [9.17, 15) is 2.74 Å². The normalized spacial score (nSPS) is 14.3. The lowest BCUT2D eigenvalue weighted by Crippen LogP contribution is -1.92. The smallest absolute Gasteiger partial charge is 0.143 e. The van der Waals surface area contributed by atoms with Crippen LogP contribution in [0.2, 0.25) is 0 Å². The lowest BCUT2D eigenvalue weighted by Gasteiger charge is -2.19. The largest absolute Gasteiger partial charge is 0.455 e. The van der Waals surface area contributed by atoms with E-state index in [2.05, 4.69) is 6.07 Å². The van der Waals surface area contributed by atoms with E-state index in [1.165, 1.54) is 0 Å². The molecular formula is C42H26O. The van der Waals surface area contributed by atoms with Gasteiger partial charge in [0, 0.05) is 21.9 Å². The molecule has 0 aliphatic heterocycles. The zero-order valence-electron chi connectivity index (χ0n) is 30.8. The molecule has 1 heterocycles. The van der Waals surface area contributed by atoms with Gasteiger partial charge >= 0.3 is 0 Å². The summed E-state index contributed by atoms with van der Waals surface area (Å²) in [5.74, 6) is 0. The van der Waals surface area contributed by atoms with Crippen LogP contribution in [0, 0.1) is 0 Å². The van der Waals surface area contributed by atoms with Crippen LogP contribution in [0.1, 0.15) is 11.0 Å². The van der Waals surface area contributed by atoms with Crippen LogP contribution in [-0.2, 0) is 0 Å². The molecule has 8 aromatic carbocycles. The second-order valence-corrected chi connectivity index (χ2v) is 10.6. The number of furan rings is 1. The van der Waals surface area contributed by atoms with Gasteiger partial charge in [0.25, 0.3) is 0 Å². The Morgan fingerprint density at radius 3 is 2.02 bits per heavy atom. The maximum absolute atomic E-state index is 9.93. The molecule has 0 atom stereocenters. The number of fused-ring (bicyclic) bond motifs is 6. The van der Waals surface area contributed by atoms with Gasteiger partial charge in [0.1, 0.15) is 11.2 Å². The molecule has 1 aromatic heterocycles. The molecule has 200 valence electrons. The molecule has 0 unspecified atom stereocenters. The first-order chi connectivity index (χ1) is 24.7. The third-order valence-corrected chi connectivity index (χ3v) is 8.24. The molecule has 0 spiro atoms. The lowest BCUT2D eigenvalue weighted by atomic mass is 9.84. The van der Waals surface area contributed by atoms with Gasteiger partial charge in [-0.3, -0.25) is 0 Å². The fourth-order valence-electron chi connectivity index (χ4n) is 6.30. The lowest BCUT2D eigenvalue weighted by molar-refractivity contribution is 0.670. The first kappa shape index (κ1) is 17.3. The van der Waals surface area contributed by atoms with Gasteiger partial charge in [0.2, 0.25) is 0 Å². The highest BCUT2D eigenvalue weighted by molar-refractivity contribution is 6.24. The highest BCUT2D eigenvalue weighted by atomic mass is 16.3. The van der Waals surface area contributed by atoms with Gasteiger partial charge in [-0.2, -0.15) is 0 Å². The Balaban J connectivity index is 1.52. The predicted molar refractivity (Wildman–Crippen MR) is 183 cm³/mol. The summed E-state index contributed by atoms with van der Waals surface area (Å²) in [4.78, 5) is 0. The van der Waals surface area contributed by atoms with Gasteiger partial charge in [-0.05, 0) is 72.7 Å². The Bertz CT molecular complexity index is 2950. The number of benzene rings is 8. The molecule has 0 bridgehead atoms. The van der Waals surface area contributed by atoms with Crippen LogP contribution in [-0.4, -0.2) is 0 Å².